The van der Waals surface area contributed by atoms with Crippen molar-refractivity contribution in [1.82, 2.24) is 20.4 Å². The Labute approximate surface area is 102 Å². The standard InChI is InChI=1S/C12H20N4O/c1-16-11(5-9-14-16)4-7-13-8-6-12(17)15-10-2-3-10/h5,9-10,13H,2-4,6-8H2,1H3,(H,15,17). The molecule has 5 heteroatoms. The Hall–Kier alpha value is -1.36. The highest BCUT2D eigenvalue weighted by Gasteiger charge is 2.22. The monoisotopic (exact) mass is 236 g/mol. The predicted molar refractivity (Wildman–Crippen MR) is 65.6 cm³/mol. The molecule has 1 amide bonds. The lowest BCUT2D eigenvalue weighted by molar-refractivity contribution is -0.121. The van der Waals surface area contributed by atoms with Crippen LogP contribution in [0.4, 0.5) is 0 Å². The van der Waals surface area contributed by atoms with Crippen LogP contribution in [0, 0.1) is 0 Å². The SMILES string of the molecule is Cn1nccc1CCNCCC(=O)NC1CC1. The van der Waals surface area contributed by atoms with E-state index in [1.165, 1.54) is 5.69 Å². The Kier molecular flexibility index (Phi) is 4.14. The molecule has 2 rings (SSSR count). The zero-order valence-corrected chi connectivity index (χ0v) is 10.3. The molecule has 1 fully saturated rings. The first kappa shape index (κ1) is 12.1. The fourth-order valence-electron chi connectivity index (χ4n) is 1.72. The van der Waals surface area contributed by atoms with Gasteiger partial charge in [-0.1, -0.05) is 0 Å². The van der Waals surface area contributed by atoms with Crippen LogP contribution in [-0.2, 0) is 18.3 Å². The molecule has 0 bridgehead atoms. The van der Waals surface area contributed by atoms with E-state index >= 15 is 0 Å². The summed E-state index contributed by atoms with van der Waals surface area (Å²) in [6.07, 6.45) is 5.63. The normalized spacial score (nSPS) is 14.9. The predicted octanol–water partition coefficient (Wildman–Crippen LogP) is 0.221. The van der Waals surface area contributed by atoms with E-state index in [9.17, 15) is 4.79 Å². The lowest BCUT2D eigenvalue weighted by Gasteiger charge is -2.05. The van der Waals surface area contributed by atoms with Crippen molar-refractivity contribution in [3.05, 3.63) is 18.0 Å². The van der Waals surface area contributed by atoms with E-state index in [0.717, 1.165) is 32.4 Å². The van der Waals surface area contributed by atoms with Gasteiger partial charge in [-0.15, -0.1) is 0 Å². The minimum absolute atomic E-state index is 0.167. The molecule has 0 unspecified atom stereocenters. The van der Waals surface area contributed by atoms with E-state index in [2.05, 4.69) is 15.7 Å². The van der Waals surface area contributed by atoms with Crippen molar-refractivity contribution < 1.29 is 4.79 Å². The lowest BCUT2D eigenvalue weighted by atomic mass is 10.3. The fourth-order valence-corrected chi connectivity index (χ4v) is 1.72. The van der Waals surface area contributed by atoms with Gasteiger partial charge in [-0.2, -0.15) is 5.10 Å². The maximum absolute atomic E-state index is 11.4. The average Bonchev–Trinajstić information content (AvgIpc) is 3.01. The summed E-state index contributed by atoms with van der Waals surface area (Å²) in [6.45, 7) is 1.63. The highest BCUT2D eigenvalue weighted by molar-refractivity contribution is 5.76. The molecule has 5 nitrogen and oxygen atoms in total. The van der Waals surface area contributed by atoms with Gasteiger partial charge < -0.3 is 10.6 Å². The van der Waals surface area contributed by atoms with Gasteiger partial charge in [0.05, 0.1) is 0 Å². The first-order valence-electron chi connectivity index (χ1n) is 6.22. The molecule has 1 heterocycles. The molecule has 2 N–H and O–H groups in total. The Bertz CT molecular complexity index is 370. The third-order valence-electron chi connectivity index (χ3n) is 2.95. The van der Waals surface area contributed by atoms with Crippen molar-refractivity contribution in [2.75, 3.05) is 13.1 Å². The second-order valence-corrected chi connectivity index (χ2v) is 4.54. The average molecular weight is 236 g/mol. The molecule has 0 aliphatic heterocycles. The fraction of sp³-hybridized carbons (Fsp3) is 0.667. The number of aryl methyl sites for hydroxylation is 1. The van der Waals surface area contributed by atoms with E-state index in [4.69, 9.17) is 0 Å². The van der Waals surface area contributed by atoms with Gasteiger partial charge in [0.2, 0.25) is 5.91 Å². The zero-order valence-electron chi connectivity index (χ0n) is 10.3. The molecule has 1 aromatic heterocycles. The topological polar surface area (TPSA) is 59.0 Å². The first-order chi connectivity index (χ1) is 8.25. The molecule has 94 valence electrons. The number of rotatable bonds is 7. The number of nitrogens with one attached hydrogen (secondary N) is 2. The Morgan fingerprint density at radius 3 is 3.00 bits per heavy atom. The molecule has 0 atom stereocenters. The van der Waals surface area contributed by atoms with Crippen LogP contribution in [0.5, 0.6) is 0 Å². The molecule has 1 saturated carbocycles. The second kappa shape index (κ2) is 5.82. The van der Waals surface area contributed by atoms with Crippen molar-refractivity contribution in [3.63, 3.8) is 0 Å². The Morgan fingerprint density at radius 1 is 1.53 bits per heavy atom. The summed E-state index contributed by atoms with van der Waals surface area (Å²) in [6, 6.07) is 2.48. The second-order valence-electron chi connectivity index (χ2n) is 4.54. The van der Waals surface area contributed by atoms with Crippen LogP contribution in [0.3, 0.4) is 0 Å². The molecule has 0 radical (unpaired) electrons. The number of amides is 1. The van der Waals surface area contributed by atoms with Crippen LogP contribution < -0.4 is 10.6 Å². The Balaban J connectivity index is 1.51. The summed E-state index contributed by atoms with van der Waals surface area (Å²) >= 11 is 0. The molecule has 0 saturated heterocycles. The van der Waals surface area contributed by atoms with Crippen molar-refractivity contribution in [1.29, 1.82) is 0 Å². The molecular formula is C12H20N4O. The maximum Gasteiger partial charge on any atom is 0.221 e. The highest BCUT2D eigenvalue weighted by atomic mass is 16.1. The van der Waals surface area contributed by atoms with E-state index in [1.54, 1.807) is 6.20 Å². The molecule has 1 aromatic rings. The highest BCUT2D eigenvalue weighted by Crippen LogP contribution is 2.18. The number of carbonyl (C=O) groups excluding carboxylic acids is 1. The number of hydrogen-bond acceptors (Lipinski definition) is 3. The van der Waals surface area contributed by atoms with Gasteiger partial charge in [-0.25, -0.2) is 0 Å². The maximum atomic E-state index is 11.4. The van der Waals surface area contributed by atoms with Crippen LogP contribution >= 0.6 is 0 Å². The van der Waals surface area contributed by atoms with Crippen molar-refractivity contribution in [2.24, 2.45) is 7.05 Å². The number of nitrogens with zero attached hydrogens (tertiary/aromatic N) is 2. The molecule has 1 aliphatic carbocycles. The summed E-state index contributed by atoms with van der Waals surface area (Å²) in [5.74, 6) is 0.167. The summed E-state index contributed by atoms with van der Waals surface area (Å²) in [7, 11) is 1.94. The number of carbonyl (C=O) groups is 1. The van der Waals surface area contributed by atoms with Gasteiger partial charge in [-0.3, -0.25) is 9.48 Å². The minimum atomic E-state index is 0.167. The number of hydrogen-bond donors (Lipinski definition) is 2. The van der Waals surface area contributed by atoms with Gasteiger partial charge >= 0.3 is 0 Å². The molecule has 1 aliphatic rings. The molecular weight excluding hydrogens is 216 g/mol. The first-order valence-corrected chi connectivity index (χ1v) is 6.22. The zero-order chi connectivity index (χ0) is 12.1. The van der Waals surface area contributed by atoms with Crippen LogP contribution in [0.15, 0.2) is 12.3 Å². The lowest BCUT2D eigenvalue weighted by Crippen LogP contribution is -2.29. The summed E-state index contributed by atoms with van der Waals surface area (Å²) in [5, 5.41) is 10.4. The summed E-state index contributed by atoms with van der Waals surface area (Å²) in [5.41, 5.74) is 1.21. The van der Waals surface area contributed by atoms with E-state index < -0.39 is 0 Å². The van der Waals surface area contributed by atoms with E-state index in [-0.39, 0.29) is 5.91 Å². The van der Waals surface area contributed by atoms with Gasteiger partial charge in [-0.05, 0) is 18.9 Å². The van der Waals surface area contributed by atoms with E-state index in [1.807, 2.05) is 17.8 Å². The van der Waals surface area contributed by atoms with Gasteiger partial charge in [0.25, 0.3) is 0 Å². The number of aromatic nitrogens is 2. The van der Waals surface area contributed by atoms with Gasteiger partial charge in [0.15, 0.2) is 0 Å². The molecule has 0 aromatic carbocycles. The van der Waals surface area contributed by atoms with Crippen molar-refractivity contribution in [2.45, 2.75) is 31.7 Å². The minimum Gasteiger partial charge on any atom is -0.353 e. The molecule has 0 spiro atoms. The Morgan fingerprint density at radius 2 is 2.35 bits per heavy atom. The summed E-state index contributed by atoms with van der Waals surface area (Å²) < 4.78 is 1.88. The largest absolute Gasteiger partial charge is 0.353 e. The van der Waals surface area contributed by atoms with Gasteiger partial charge in [0, 0.05) is 50.9 Å². The van der Waals surface area contributed by atoms with Crippen LogP contribution in [0.25, 0.3) is 0 Å². The molecule has 17 heavy (non-hydrogen) atoms. The van der Waals surface area contributed by atoms with Crippen LogP contribution in [0.2, 0.25) is 0 Å². The third-order valence-corrected chi connectivity index (χ3v) is 2.95. The van der Waals surface area contributed by atoms with Crippen LogP contribution in [0.1, 0.15) is 25.0 Å². The quantitative estimate of drug-likeness (QED) is 0.666. The van der Waals surface area contributed by atoms with Crippen molar-refractivity contribution >= 4 is 5.91 Å². The van der Waals surface area contributed by atoms with Crippen LogP contribution in [-0.4, -0.2) is 34.8 Å². The van der Waals surface area contributed by atoms with E-state index in [0.29, 0.717) is 12.5 Å². The van der Waals surface area contributed by atoms with Crippen molar-refractivity contribution in [3.8, 4) is 0 Å². The van der Waals surface area contributed by atoms with Gasteiger partial charge in [0.1, 0.15) is 0 Å². The smallest absolute Gasteiger partial charge is 0.221 e. The summed E-state index contributed by atoms with van der Waals surface area (Å²) in [4.78, 5) is 11.4. The third kappa shape index (κ3) is 4.19.